The van der Waals surface area contributed by atoms with Gasteiger partial charge in [-0.3, -0.25) is 14.2 Å². The van der Waals surface area contributed by atoms with Crippen molar-refractivity contribution in [2.24, 2.45) is 5.73 Å². The maximum Gasteiger partial charge on any atom is 0.437 e. The molecule has 0 aliphatic rings. The van der Waals surface area contributed by atoms with Gasteiger partial charge in [-0.15, -0.1) is 0 Å². The van der Waals surface area contributed by atoms with Gasteiger partial charge in [0, 0.05) is 36.7 Å². The van der Waals surface area contributed by atoms with Crippen LogP contribution in [0.4, 0.5) is 37.7 Å². The van der Waals surface area contributed by atoms with Crippen LogP contribution in [0.25, 0.3) is 22.3 Å². The molecule has 17 nitrogen and oxygen atoms in total. The van der Waals surface area contributed by atoms with Crippen LogP contribution in [0.2, 0.25) is 0 Å². The molecule has 0 saturated carbocycles. The molecule has 7 N–H and O–H groups in total. The number of rotatable bonds is 14. The van der Waals surface area contributed by atoms with Crippen molar-refractivity contribution in [3.63, 3.8) is 0 Å². The number of ether oxygens (including phenoxy) is 1. The van der Waals surface area contributed by atoms with Crippen LogP contribution in [-0.2, 0) is 62.9 Å². The maximum absolute atomic E-state index is 13.6. The molecule has 1 amide bonds. The predicted molar refractivity (Wildman–Crippen MR) is 289 cm³/mol. The fourth-order valence-electron chi connectivity index (χ4n) is 8.02. The Hall–Kier alpha value is -9.30. The number of nitriles is 2. The number of esters is 1. The van der Waals surface area contributed by atoms with Gasteiger partial charge >= 0.3 is 18.3 Å². The minimum absolute atomic E-state index is 0.0424. The van der Waals surface area contributed by atoms with Crippen LogP contribution in [0, 0.1) is 22.7 Å². The number of halogens is 6. The zero-order valence-electron chi connectivity index (χ0n) is 43.2. The van der Waals surface area contributed by atoms with E-state index in [4.69, 9.17) is 32.5 Å². The predicted octanol–water partition coefficient (Wildman–Crippen LogP) is 9.20. The lowest BCUT2D eigenvalue weighted by atomic mass is 10.0. The van der Waals surface area contributed by atoms with Crippen molar-refractivity contribution in [1.82, 2.24) is 24.9 Å². The Balaban J connectivity index is 0.000000225. The molecule has 420 valence electrons. The lowest BCUT2D eigenvalue weighted by Gasteiger charge is -2.11. The number of nitrogen functional groups attached to an aromatic ring is 2. The summed E-state index contributed by atoms with van der Waals surface area (Å²) in [4.78, 5) is 25.5. The Morgan fingerprint density at radius 3 is 1.41 bits per heavy atom. The van der Waals surface area contributed by atoms with Crippen molar-refractivity contribution < 1.29 is 57.5 Å². The van der Waals surface area contributed by atoms with Crippen LogP contribution >= 0.6 is 0 Å². The molecule has 0 unspecified atom stereocenters. The molecule has 0 fully saturated rings. The first-order valence-corrected chi connectivity index (χ1v) is 27.7. The number of carbonyl (C=O) groups is 2. The Morgan fingerprint density at radius 2 is 1.00 bits per heavy atom. The third-order valence-electron chi connectivity index (χ3n) is 11.8. The summed E-state index contributed by atoms with van der Waals surface area (Å²) in [5, 5.41) is 27.1. The summed E-state index contributed by atoms with van der Waals surface area (Å²) < 4.78 is 135. The Bertz CT molecular complexity index is 3910. The molecule has 8 aromatic rings. The van der Waals surface area contributed by atoms with Crippen LogP contribution in [0.3, 0.4) is 0 Å². The SMILES string of the molecule is CCOC(=O)c1c(N)c(C(F)(F)F)nn1Cc1ccc(-c2ccccc2S(C)(=O)=O)cc1.CS(=O)(=O)c1ccccc1-c1ccc(Cn2nc(C(F)(F)F)c(N)c2C(=O)NCc2cccc(C#N)c2)cc1.N#Cc1cccc(CN)c1. The molecule has 0 spiro atoms. The van der Waals surface area contributed by atoms with E-state index < -0.39 is 78.1 Å². The number of carbonyl (C=O) groups excluding carboxylic acids is 2. The minimum Gasteiger partial charge on any atom is -0.461 e. The number of sulfone groups is 2. The molecular weight excluding hydrogens is 1100 g/mol. The zero-order valence-corrected chi connectivity index (χ0v) is 44.9. The molecule has 6 aromatic carbocycles. The summed E-state index contributed by atoms with van der Waals surface area (Å²) >= 11 is 0. The molecule has 25 heteroatoms. The molecule has 2 heterocycles. The highest BCUT2D eigenvalue weighted by Crippen LogP contribution is 2.37. The summed E-state index contributed by atoms with van der Waals surface area (Å²) in [5.74, 6) is -1.87. The molecule has 0 atom stereocenters. The highest BCUT2D eigenvalue weighted by molar-refractivity contribution is 7.91. The second kappa shape index (κ2) is 25.7. The van der Waals surface area contributed by atoms with Gasteiger partial charge in [-0.25, -0.2) is 21.6 Å². The van der Waals surface area contributed by atoms with Gasteiger partial charge in [-0.05, 0) is 76.7 Å². The van der Waals surface area contributed by atoms with Crippen LogP contribution in [0.15, 0.2) is 155 Å². The number of anilines is 2. The van der Waals surface area contributed by atoms with Gasteiger partial charge in [0.1, 0.15) is 5.69 Å². The van der Waals surface area contributed by atoms with E-state index in [0.717, 1.165) is 27.4 Å². The summed E-state index contributed by atoms with van der Waals surface area (Å²) in [5.41, 5.74) is 17.2. The Labute approximate surface area is 461 Å². The lowest BCUT2D eigenvalue weighted by molar-refractivity contribution is -0.141. The number of aromatic nitrogens is 4. The third kappa shape index (κ3) is 15.5. The third-order valence-corrected chi connectivity index (χ3v) is 14.1. The Kier molecular flexibility index (Phi) is 19.3. The molecule has 0 radical (unpaired) electrons. The second-order valence-electron chi connectivity index (χ2n) is 17.7. The van der Waals surface area contributed by atoms with Crippen LogP contribution in [0.1, 0.15) is 72.7 Å². The van der Waals surface area contributed by atoms with Gasteiger partial charge < -0.3 is 27.3 Å². The first-order chi connectivity index (χ1) is 38.2. The fourth-order valence-corrected chi connectivity index (χ4v) is 9.84. The van der Waals surface area contributed by atoms with Gasteiger partial charge in [-0.1, -0.05) is 109 Å². The Morgan fingerprint density at radius 1 is 0.593 bits per heavy atom. The molecule has 0 aliphatic carbocycles. The van der Waals surface area contributed by atoms with E-state index in [9.17, 15) is 52.8 Å². The quantitative estimate of drug-likeness (QED) is 0.0583. The van der Waals surface area contributed by atoms with Crippen molar-refractivity contribution in [2.75, 3.05) is 30.6 Å². The number of nitrogens with zero attached hydrogens (tertiary/aromatic N) is 6. The van der Waals surface area contributed by atoms with E-state index in [0.29, 0.717) is 56.6 Å². The van der Waals surface area contributed by atoms with Gasteiger partial charge in [0.05, 0.1) is 64.1 Å². The minimum atomic E-state index is -4.88. The smallest absolute Gasteiger partial charge is 0.437 e. The summed E-state index contributed by atoms with van der Waals surface area (Å²) in [7, 11) is -6.96. The van der Waals surface area contributed by atoms with Crippen molar-refractivity contribution >= 4 is 42.9 Å². The second-order valence-corrected chi connectivity index (χ2v) is 21.7. The van der Waals surface area contributed by atoms with Crippen LogP contribution in [-0.4, -0.2) is 67.4 Å². The van der Waals surface area contributed by atoms with Gasteiger partial charge in [0.2, 0.25) is 0 Å². The molecule has 0 saturated heterocycles. The van der Waals surface area contributed by atoms with E-state index in [2.05, 4.69) is 15.5 Å². The lowest BCUT2D eigenvalue weighted by Crippen LogP contribution is -2.27. The van der Waals surface area contributed by atoms with E-state index in [-0.39, 0.29) is 36.0 Å². The van der Waals surface area contributed by atoms with Gasteiger partial charge in [0.15, 0.2) is 36.8 Å². The topological polar surface area (TPSA) is 285 Å². The average molecular weight is 1150 g/mol. The number of nitrogens with one attached hydrogen (secondary N) is 1. The monoisotopic (exact) mass is 1150 g/mol. The molecule has 2 aromatic heterocycles. The molecule has 0 bridgehead atoms. The van der Waals surface area contributed by atoms with Gasteiger partial charge in [0.25, 0.3) is 5.91 Å². The van der Waals surface area contributed by atoms with Gasteiger partial charge in [-0.2, -0.15) is 47.1 Å². The van der Waals surface area contributed by atoms with E-state index >= 15 is 0 Å². The average Bonchev–Trinajstić information content (AvgIpc) is 4.02. The number of amides is 1. The normalized spacial score (nSPS) is 11.5. The molecule has 8 rings (SSSR count). The van der Waals surface area contributed by atoms with Crippen LogP contribution < -0.4 is 22.5 Å². The van der Waals surface area contributed by atoms with E-state index in [1.165, 1.54) is 19.1 Å². The number of nitrogens with two attached hydrogens (primary N) is 3. The molecular formula is C56H50F6N10O7S2. The summed E-state index contributed by atoms with van der Waals surface area (Å²) in [6, 6.07) is 43.6. The molecule has 81 heavy (non-hydrogen) atoms. The highest BCUT2D eigenvalue weighted by Gasteiger charge is 2.41. The standard InChI is InChI=1S/C27H22F3N5O3S.C21H20F3N3O4S.C8H8N2/c1-39(37,38)22-8-3-2-7-21(22)20-11-9-17(10-12-20)16-35-24(23(32)25(34-35)27(28,29)30)26(36)33-15-19-6-4-5-18(13-19)14-31;1-3-31-20(28)18-17(25)19(21(22,23)24)26-27(18)12-13-8-10-14(11-9-13)15-6-4-5-7-16(15)32(2,29)30;9-5-7-2-1-3-8(4-7)6-10/h2-13H,15-16,32H2,1H3,(H,33,36);4-11H,3,12,25H2,1-2H3;1-4H,5,9H2. The number of hydrogen-bond donors (Lipinski definition) is 4. The van der Waals surface area contributed by atoms with Crippen molar-refractivity contribution in [3.8, 4) is 34.4 Å². The fraction of sp³-hybridized carbons (Fsp3) is 0.179. The zero-order chi connectivity index (χ0) is 59.5. The number of benzene rings is 6. The molecule has 0 aliphatic heterocycles. The summed E-state index contributed by atoms with van der Waals surface area (Å²) in [6.45, 7) is 1.54. The van der Waals surface area contributed by atoms with Crippen molar-refractivity contribution in [1.29, 1.82) is 10.5 Å². The van der Waals surface area contributed by atoms with E-state index in [1.54, 1.807) is 121 Å². The first kappa shape index (κ1) is 60.9. The van der Waals surface area contributed by atoms with Crippen LogP contribution in [0.5, 0.6) is 0 Å². The number of alkyl halides is 6. The number of hydrogen-bond acceptors (Lipinski definition) is 14. The van der Waals surface area contributed by atoms with E-state index in [1.807, 2.05) is 24.3 Å². The van der Waals surface area contributed by atoms with Crippen molar-refractivity contribution in [2.45, 2.75) is 55.2 Å². The maximum atomic E-state index is 13.6. The highest BCUT2D eigenvalue weighted by atomic mass is 32.2. The summed E-state index contributed by atoms with van der Waals surface area (Å²) in [6.07, 6.45) is -7.51. The largest absolute Gasteiger partial charge is 0.461 e. The first-order valence-electron chi connectivity index (χ1n) is 24.0. The van der Waals surface area contributed by atoms with Crippen molar-refractivity contribution in [3.05, 3.63) is 202 Å².